The van der Waals surface area contributed by atoms with Gasteiger partial charge >= 0.3 is 5.97 Å². The second-order valence-corrected chi connectivity index (χ2v) is 6.89. The first-order valence-electron chi connectivity index (χ1n) is 6.85. The van der Waals surface area contributed by atoms with Crippen molar-refractivity contribution in [2.24, 2.45) is 0 Å². The molecule has 1 N–H and O–H groups in total. The van der Waals surface area contributed by atoms with Gasteiger partial charge in [0.15, 0.2) is 4.34 Å². The Morgan fingerprint density at radius 3 is 2.95 bits per heavy atom. The first-order valence-corrected chi connectivity index (χ1v) is 8.61. The molecule has 0 aromatic carbocycles. The molecular weight excluding hydrogens is 294 g/mol. The number of esters is 1. The third kappa shape index (κ3) is 5.76. The van der Waals surface area contributed by atoms with Crippen molar-refractivity contribution in [1.82, 2.24) is 14.7 Å². The fourth-order valence-corrected chi connectivity index (χ4v) is 3.37. The molecule has 1 aromatic heterocycles. The van der Waals surface area contributed by atoms with Crippen LogP contribution in [-0.2, 0) is 9.53 Å². The van der Waals surface area contributed by atoms with Crippen molar-refractivity contribution in [3.8, 4) is 0 Å². The summed E-state index contributed by atoms with van der Waals surface area (Å²) in [7, 11) is 1.44. The molecule has 0 amide bonds. The van der Waals surface area contributed by atoms with Gasteiger partial charge in [0.2, 0.25) is 0 Å². The van der Waals surface area contributed by atoms with E-state index in [1.807, 2.05) is 6.92 Å². The molecule has 0 aliphatic carbocycles. The zero-order valence-corrected chi connectivity index (χ0v) is 14.0. The smallest absolute Gasteiger partial charge is 0.325 e. The summed E-state index contributed by atoms with van der Waals surface area (Å²) >= 11 is 3.14. The highest BCUT2D eigenvalue weighted by molar-refractivity contribution is 8.00. The summed E-state index contributed by atoms with van der Waals surface area (Å²) < 4.78 is 9.88. The van der Waals surface area contributed by atoms with Gasteiger partial charge < -0.3 is 10.1 Å². The average Bonchev–Trinajstić information content (AvgIpc) is 2.97. The highest BCUT2D eigenvalue weighted by atomic mass is 32.2. The molecule has 7 heteroatoms. The van der Waals surface area contributed by atoms with Crippen LogP contribution in [0.2, 0.25) is 0 Å². The maximum Gasteiger partial charge on any atom is 0.325 e. The molecule has 0 aliphatic rings. The fourth-order valence-electron chi connectivity index (χ4n) is 1.86. The minimum atomic E-state index is -0.571. The van der Waals surface area contributed by atoms with E-state index in [1.165, 1.54) is 18.6 Å². The van der Waals surface area contributed by atoms with E-state index in [9.17, 15) is 4.79 Å². The molecule has 1 unspecified atom stereocenters. The monoisotopic (exact) mass is 317 g/mol. The number of hydrogen-bond acceptors (Lipinski definition) is 7. The Balaban J connectivity index is 2.29. The summed E-state index contributed by atoms with van der Waals surface area (Å²) in [5.41, 5.74) is -0.571. The van der Waals surface area contributed by atoms with E-state index in [0.29, 0.717) is 0 Å². The van der Waals surface area contributed by atoms with Crippen molar-refractivity contribution in [3.05, 3.63) is 6.33 Å². The van der Waals surface area contributed by atoms with Crippen LogP contribution in [0, 0.1) is 0 Å². The molecule has 114 valence electrons. The summed E-state index contributed by atoms with van der Waals surface area (Å²) in [5, 5.41) is 3.30. The number of hydrogen-bond donors (Lipinski definition) is 1. The Labute approximate surface area is 129 Å². The summed E-state index contributed by atoms with van der Waals surface area (Å²) in [6.07, 6.45) is 5.39. The number of carbonyl (C=O) groups excluding carboxylic acids is 1. The summed E-state index contributed by atoms with van der Waals surface area (Å²) in [4.78, 5) is 16.0. The Morgan fingerprint density at radius 1 is 1.55 bits per heavy atom. The number of methoxy groups -OCH3 is 1. The van der Waals surface area contributed by atoms with E-state index in [1.54, 1.807) is 18.1 Å². The number of nitrogens with zero attached hydrogens (tertiary/aromatic N) is 2. The van der Waals surface area contributed by atoms with Gasteiger partial charge in [-0.05, 0) is 44.3 Å². The third-order valence-corrected chi connectivity index (χ3v) is 4.92. The molecule has 0 aliphatic heterocycles. The van der Waals surface area contributed by atoms with Gasteiger partial charge in [-0.2, -0.15) is 4.37 Å². The number of carbonyl (C=O) groups is 1. The van der Waals surface area contributed by atoms with Crippen molar-refractivity contribution < 1.29 is 9.53 Å². The minimum absolute atomic E-state index is 0.178. The van der Waals surface area contributed by atoms with E-state index in [-0.39, 0.29) is 5.97 Å². The molecule has 0 bridgehead atoms. The van der Waals surface area contributed by atoms with E-state index < -0.39 is 5.54 Å². The second kappa shape index (κ2) is 9.31. The quantitative estimate of drug-likeness (QED) is 0.407. The Hall–Kier alpha value is -0.660. The van der Waals surface area contributed by atoms with Crippen LogP contribution in [0.3, 0.4) is 0 Å². The molecule has 0 radical (unpaired) electrons. The lowest BCUT2D eigenvalue weighted by atomic mass is 9.95. The molecule has 1 heterocycles. The van der Waals surface area contributed by atoms with Gasteiger partial charge in [-0.1, -0.05) is 25.1 Å². The van der Waals surface area contributed by atoms with Gasteiger partial charge in [0.1, 0.15) is 11.9 Å². The summed E-state index contributed by atoms with van der Waals surface area (Å²) in [5.74, 6) is 0.822. The average molecular weight is 317 g/mol. The largest absolute Gasteiger partial charge is 0.468 e. The van der Waals surface area contributed by atoms with Crippen LogP contribution in [0.5, 0.6) is 0 Å². The Kier molecular flexibility index (Phi) is 8.09. The molecule has 0 saturated carbocycles. The van der Waals surface area contributed by atoms with E-state index >= 15 is 0 Å². The van der Waals surface area contributed by atoms with Crippen molar-refractivity contribution in [3.63, 3.8) is 0 Å². The number of rotatable bonds is 10. The molecular formula is C13H23N3O2S2. The van der Waals surface area contributed by atoms with E-state index in [2.05, 4.69) is 21.6 Å². The molecule has 0 saturated heterocycles. The molecule has 20 heavy (non-hydrogen) atoms. The molecule has 0 spiro atoms. The zero-order valence-electron chi connectivity index (χ0n) is 12.3. The number of ether oxygens (including phenoxy) is 1. The van der Waals surface area contributed by atoms with Gasteiger partial charge in [0.05, 0.1) is 7.11 Å². The number of unbranched alkanes of at least 4 members (excludes halogenated alkanes) is 1. The lowest BCUT2D eigenvalue weighted by molar-refractivity contribution is -0.148. The summed E-state index contributed by atoms with van der Waals surface area (Å²) in [6.45, 7) is 4.83. The van der Waals surface area contributed by atoms with Gasteiger partial charge in [-0.25, -0.2) is 4.98 Å². The van der Waals surface area contributed by atoms with E-state index in [0.717, 1.165) is 42.3 Å². The normalized spacial score (nSPS) is 13.9. The van der Waals surface area contributed by atoms with Crippen LogP contribution in [0.4, 0.5) is 0 Å². The van der Waals surface area contributed by atoms with Crippen molar-refractivity contribution >= 4 is 29.3 Å². The van der Waals surface area contributed by atoms with Crippen molar-refractivity contribution in [1.29, 1.82) is 0 Å². The van der Waals surface area contributed by atoms with Gasteiger partial charge in [-0.3, -0.25) is 4.79 Å². The lowest BCUT2D eigenvalue weighted by Crippen LogP contribution is -2.50. The van der Waals surface area contributed by atoms with Gasteiger partial charge in [0, 0.05) is 5.75 Å². The highest BCUT2D eigenvalue weighted by Crippen LogP contribution is 2.22. The number of aromatic nitrogens is 2. The van der Waals surface area contributed by atoms with Crippen molar-refractivity contribution in [2.75, 3.05) is 19.4 Å². The minimum Gasteiger partial charge on any atom is -0.468 e. The molecule has 5 nitrogen and oxygen atoms in total. The van der Waals surface area contributed by atoms with Crippen molar-refractivity contribution in [2.45, 2.75) is 49.4 Å². The first kappa shape index (κ1) is 17.4. The second-order valence-electron chi connectivity index (χ2n) is 4.76. The molecule has 1 aromatic rings. The zero-order chi connectivity index (χ0) is 14.8. The van der Waals surface area contributed by atoms with Crippen LogP contribution in [-0.4, -0.2) is 40.3 Å². The van der Waals surface area contributed by atoms with Crippen LogP contribution >= 0.6 is 23.3 Å². The lowest BCUT2D eigenvalue weighted by Gasteiger charge is -2.28. The molecule has 0 fully saturated rings. The van der Waals surface area contributed by atoms with E-state index in [4.69, 9.17) is 4.74 Å². The van der Waals surface area contributed by atoms with Crippen LogP contribution in [0.1, 0.15) is 39.5 Å². The number of nitrogens with one attached hydrogen (secondary N) is 1. The predicted octanol–water partition coefficient (Wildman–Crippen LogP) is 2.73. The van der Waals surface area contributed by atoms with Gasteiger partial charge in [0.25, 0.3) is 0 Å². The maximum atomic E-state index is 11.9. The summed E-state index contributed by atoms with van der Waals surface area (Å²) in [6, 6.07) is 0. The van der Waals surface area contributed by atoms with Crippen LogP contribution in [0.25, 0.3) is 0 Å². The molecule has 1 atom stereocenters. The highest BCUT2D eigenvalue weighted by Gasteiger charge is 2.32. The standard InChI is InChI=1S/C13H23N3O2S2/c1-4-8-15-13(2,11(17)18-3)7-5-6-9-19-12-14-10-16-20-12/h10,15H,4-9H2,1-3H3. The third-order valence-electron chi connectivity index (χ3n) is 3.04. The van der Waals surface area contributed by atoms with Crippen LogP contribution in [0.15, 0.2) is 10.7 Å². The molecule has 1 rings (SSSR count). The Bertz CT molecular complexity index is 387. The number of thioether (sulfide) groups is 1. The topological polar surface area (TPSA) is 64.1 Å². The van der Waals surface area contributed by atoms with Gasteiger partial charge in [-0.15, -0.1) is 0 Å². The fraction of sp³-hybridized carbons (Fsp3) is 0.769. The maximum absolute atomic E-state index is 11.9. The first-order chi connectivity index (χ1) is 9.62. The predicted molar refractivity (Wildman–Crippen MR) is 83.2 cm³/mol. The van der Waals surface area contributed by atoms with Crippen LogP contribution < -0.4 is 5.32 Å². The SMILES string of the molecule is CCCNC(C)(CCCCSc1ncns1)C(=O)OC. The Morgan fingerprint density at radius 2 is 2.35 bits per heavy atom.